The van der Waals surface area contributed by atoms with Gasteiger partial charge in [0.1, 0.15) is 18.5 Å². The van der Waals surface area contributed by atoms with Crippen LogP contribution in [0.1, 0.15) is 12.5 Å². The molecule has 8 heteroatoms. The molecular formula is C21H23N3O5. The van der Waals surface area contributed by atoms with E-state index in [1.807, 2.05) is 30.3 Å². The topological polar surface area (TPSA) is 103 Å². The van der Waals surface area contributed by atoms with Crippen LogP contribution >= 0.6 is 0 Å². The minimum Gasteiger partial charge on any atom is -0.492 e. The molecule has 0 aliphatic rings. The number of fused-ring (bicyclic) bond motifs is 1. The van der Waals surface area contributed by atoms with E-state index in [0.29, 0.717) is 37.3 Å². The largest absolute Gasteiger partial charge is 0.492 e. The third-order valence-electron chi connectivity index (χ3n) is 4.45. The maximum Gasteiger partial charge on any atom is 0.274 e. The molecule has 0 saturated carbocycles. The molecule has 0 fully saturated rings. The Morgan fingerprint density at radius 3 is 2.69 bits per heavy atom. The van der Waals surface area contributed by atoms with Gasteiger partial charge in [0, 0.05) is 18.4 Å². The lowest BCUT2D eigenvalue weighted by molar-refractivity contribution is -0.141. The van der Waals surface area contributed by atoms with Gasteiger partial charge in [0.25, 0.3) is 11.5 Å². The van der Waals surface area contributed by atoms with Crippen molar-refractivity contribution < 1.29 is 19.5 Å². The van der Waals surface area contributed by atoms with Gasteiger partial charge in [-0.05, 0) is 30.7 Å². The highest BCUT2D eigenvalue weighted by Gasteiger charge is 2.18. The van der Waals surface area contributed by atoms with E-state index in [-0.39, 0.29) is 5.56 Å². The molecule has 0 bridgehead atoms. The highest BCUT2D eigenvalue weighted by molar-refractivity contribution is 5.80. The van der Waals surface area contributed by atoms with E-state index in [0.717, 1.165) is 10.9 Å². The number of amides is 1. The second kappa shape index (κ2) is 9.81. The third-order valence-corrected chi connectivity index (χ3v) is 4.45. The molecule has 1 aromatic heterocycles. The van der Waals surface area contributed by atoms with Gasteiger partial charge in [-0.15, -0.1) is 0 Å². The van der Waals surface area contributed by atoms with Gasteiger partial charge in [-0.1, -0.05) is 30.3 Å². The first-order valence-electron chi connectivity index (χ1n) is 9.34. The van der Waals surface area contributed by atoms with Crippen LogP contribution < -0.4 is 15.8 Å². The first-order chi connectivity index (χ1) is 14.1. The van der Waals surface area contributed by atoms with Gasteiger partial charge in [-0.2, -0.15) is 5.10 Å². The fraction of sp³-hybridized carbons (Fsp3) is 0.286. The predicted octanol–water partition coefficient (Wildman–Crippen LogP) is 1.93. The van der Waals surface area contributed by atoms with Crippen molar-refractivity contribution in [1.29, 1.82) is 0 Å². The van der Waals surface area contributed by atoms with Crippen LogP contribution in [0.15, 0.2) is 59.5 Å². The van der Waals surface area contributed by atoms with Crippen molar-refractivity contribution in [2.75, 3.05) is 13.2 Å². The summed E-state index contributed by atoms with van der Waals surface area (Å²) in [6.07, 6.45) is 1.24. The van der Waals surface area contributed by atoms with E-state index < -0.39 is 12.0 Å². The maximum atomic E-state index is 12.4. The highest BCUT2D eigenvalue weighted by Crippen LogP contribution is 2.15. The fourth-order valence-electron chi connectivity index (χ4n) is 2.97. The summed E-state index contributed by atoms with van der Waals surface area (Å²) in [4.78, 5) is 24.0. The number of benzene rings is 2. The van der Waals surface area contributed by atoms with Gasteiger partial charge >= 0.3 is 0 Å². The van der Waals surface area contributed by atoms with E-state index in [9.17, 15) is 9.59 Å². The highest BCUT2D eigenvalue weighted by atomic mass is 16.5. The van der Waals surface area contributed by atoms with Crippen molar-refractivity contribution in [2.24, 2.45) is 0 Å². The molecule has 1 heterocycles. The van der Waals surface area contributed by atoms with E-state index in [1.165, 1.54) is 4.68 Å². The monoisotopic (exact) mass is 397 g/mol. The Balaban J connectivity index is 1.57. The third kappa shape index (κ3) is 5.18. The zero-order valence-electron chi connectivity index (χ0n) is 16.1. The molecule has 1 unspecified atom stereocenters. The minimum atomic E-state index is -0.761. The van der Waals surface area contributed by atoms with Crippen molar-refractivity contribution in [3.63, 3.8) is 0 Å². The lowest BCUT2D eigenvalue weighted by Gasteiger charge is -2.15. The Labute approximate surface area is 167 Å². The second-order valence-electron chi connectivity index (χ2n) is 6.38. The Hall–Kier alpha value is -3.23. The molecule has 0 spiro atoms. The molecule has 29 heavy (non-hydrogen) atoms. The second-order valence-corrected chi connectivity index (χ2v) is 6.38. The molecule has 2 aromatic carbocycles. The predicted molar refractivity (Wildman–Crippen MR) is 107 cm³/mol. The van der Waals surface area contributed by atoms with E-state index in [1.54, 1.807) is 36.8 Å². The number of aromatic nitrogens is 2. The summed E-state index contributed by atoms with van der Waals surface area (Å²) in [6.45, 7) is 2.76. The van der Waals surface area contributed by atoms with Crippen molar-refractivity contribution in [3.8, 4) is 5.75 Å². The smallest absolute Gasteiger partial charge is 0.274 e. The zero-order chi connectivity index (χ0) is 20.6. The molecule has 0 aliphatic carbocycles. The van der Waals surface area contributed by atoms with Crippen LogP contribution in [0.25, 0.3) is 10.8 Å². The Morgan fingerprint density at radius 1 is 1.21 bits per heavy atom. The molecule has 0 aliphatic heterocycles. The molecule has 1 amide bonds. The molecule has 152 valence electrons. The van der Waals surface area contributed by atoms with Gasteiger partial charge in [0.05, 0.1) is 18.1 Å². The number of rotatable bonds is 9. The summed E-state index contributed by atoms with van der Waals surface area (Å²) < 4.78 is 12.4. The van der Waals surface area contributed by atoms with Gasteiger partial charge in [0.2, 0.25) is 0 Å². The van der Waals surface area contributed by atoms with Crippen molar-refractivity contribution >= 4 is 16.7 Å². The van der Waals surface area contributed by atoms with Crippen LogP contribution in [0, 0.1) is 0 Å². The first kappa shape index (κ1) is 20.5. The van der Waals surface area contributed by atoms with Crippen molar-refractivity contribution in [3.05, 3.63) is 70.6 Å². The van der Waals surface area contributed by atoms with Gasteiger partial charge in [-0.25, -0.2) is 10.2 Å². The summed E-state index contributed by atoms with van der Waals surface area (Å²) in [5, 5.41) is 14.4. The van der Waals surface area contributed by atoms with Crippen LogP contribution in [0.5, 0.6) is 5.75 Å². The average molecular weight is 397 g/mol. The molecular weight excluding hydrogens is 374 g/mol. The van der Waals surface area contributed by atoms with Crippen molar-refractivity contribution in [2.45, 2.75) is 26.0 Å². The SMILES string of the molecule is CCOC(Cc1ccc(OCCn2ncc3ccccc3c2=O)cc1)C(=O)NO. The number of hydrogen-bond donors (Lipinski definition) is 2. The summed E-state index contributed by atoms with van der Waals surface area (Å²) >= 11 is 0. The Kier molecular flexibility index (Phi) is 6.94. The number of ether oxygens (including phenoxy) is 2. The van der Waals surface area contributed by atoms with Gasteiger partial charge in [-0.3, -0.25) is 14.8 Å². The number of carbonyl (C=O) groups is 1. The summed E-state index contributed by atoms with van der Waals surface area (Å²) in [7, 11) is 0. The number of nitrogens with one attached hydrogen (secondary N) is 1. The van der Waals surface area contributed by atoms with E-state index in [2.05, 4.69) is 5.10 Å². The molecule has 2 N–H and O–H groups in total. The van der Waals surface area contributed by atoms with E-state index >= 15 is 0 Å². The molecule has 3 rings (SSSR count). The Morgan fingerprint density at radius 2 is 1.97 bits per heavy atom. The number of hydroxylamine groups is 1. The van der Waals surface area contributed by atoms with Crippen LogP contribution in [-0.4, -0.2) is 40.2 Å². The standard InChI is InChI=1S/C21H23N3O5/c1-2-28-19(20(25)23-27)13-15-7-9-17(10-8-15)29-12-11-24-21(26)18-6-4-3-5-16(18)14-22-24/h3-10,14,19,27H,2,11-13H2,1H3,(H,23,25). The number of carbonyl (C=O) groups excluding carboxylic acids is 1. The molecule has 8 nitrogen and oxygen atoms in total. The van der Waals surface area contributed by atoms with Crippen LogP contribution in [0.4, 0.5) is 0 Å². The zero-order valence-corrected chi connectivity index (χ0v) is 16.1. The Bertz CT molecular complexity index is 1020. The lowest BCUT2D eigenvalue weighted by atomic mass is 10.1. The number of hydrogen-bond acceptors (Lipinski definition) is 6. The molecule has 0 radical (unpaired) electrons. The fourth-order valence-corrected chi connectivity index (χ4v) is 2.97. The number of nitrogens with zero attached hydrogens (tertiary/aromatic N) is 2. The molecule has 0 saturated heterocycles. The molecule has 3 aromatic rings. The van der Waals surface area contributed by atoms with E-state index in [4.69, 9.17) is 14.7 Å². The van der Waals surface area contributed by atoms with Gasteiger partial charge in [0.15, 0.2) is 0 Å². The quantitative estimate of drug-likeness (QED) is 0.423. The minimum absolute atomic E-state index is 0.147. The maximum absolute atomic E-state index is 12.4. The normalized spacial score (nSPS) is 11.9. The molecule has 1 atom stereocenters. The van der Waals surface area contributed by atoms with Gasteiger partial charge < -0.3 is 9.47 Å². The van der Waals surface area contributed by atoms with Crippen molar-refractivity contribution in [1.82, 2.24) is 15.3 Å². The van der Waals surface area contributed by atoms with Crippen LogP contribution in [-0.2, 0) is 22.5 Å². The van der Waals surface area contributed by atoms with Crippen LogP contribution in [0.3, 0.4) is 0 Å². The summed E-state index contributed by atoms with van der Waals surface area (Å²) in [5.74, 6) is 0.0580. The lowest BCUT2D eigenvalue weighted by Crippen LogP contribution is -2.36. The summed E-state index contributed by atoms with van der Waals surface area (Å²) in [6, 6.07) is 14.5. The first-order valence-corrected chi connectivity index (χ1v) is 9.34. The average Bonchev–Trinajstić information content (AvgIpc) is 2.76. The summed E-state index contributed by atoms with van der Waals surface area (Å²) in [5.41, 5.74) is 2.34. The van der Waals surface area contributed by atoms with Crippen LogP contribution in [0.2, 0.25) is 0 Å².